The molecule has 2 N–H and O–H groups in total. The van der Waals surface area contributed by atoms with Crippen molar-refractivity contribution in [1.82, 2.24) is 4.90 Å². The molecule has 1 aliphatic rings. The number of nitrogens with zero attached hydrogens (tertiary/aromatic N) is 1. The monoisotopic (exact) mass is 364 g/mol. The van der Waals surface area contributed by atoms with Crippen molar-refractivity contribution in [3.63, 3.8) is 0 Å². The molecule has 1 aromatic rings. The van der Waals surface area contributed by atoms with E-state index in [1.54, 1.807) is 31.2 Å². The molecule has 2 rings (SSSR count). The Morgan fingerprint density at radius 2 is 1.92 bits per heavy atom. The molecular weight excluding hydrogens is 348 g/mol. The third-order valence-corrected chi connectivity index (χ3v) is 3.93. The second kappa shape index (κ2) is 8.34. The zero-order chi connectivity index (χ0) is 18.4. The Morgan fingerprint density at radius 3 is 2.52 bits per heavy atom. The molecule has 1 aromatic carbocycles. The molecule has 0 unspecified atom stereocenters. The van der Waals surface area contributed by atoms with Gasteiger partial charge in [-0.05, 0) is 42.5 Å². The summed E-state index contributed by atoms with van der Waals surface area (Å²) in [7, 11) is 0. The first kappa shape index (κ1) is 18.5. The Morgan fingerprint density at radius 1 is 1.24 bits per heavy atom. The lowest BCUT2D eigenvalue weighted by Gasteiger charge is -2.10. The molecule has 8 nitrogen and oxygen atoms in total. The summed E-state index contributed by atoms with van der Waals surface area (Å²) in [5.41, 5.74) is 5.65. The van der Waals surface area contributed by atoms with Gasteiger partial charge in [-0.25, -0.2) is 0 Å². The zero-order valence-electron chi connectivity index (χ0n) is 13.4. The van der Waals surface area contributed by atoms with Crippen LogP contribution in [0, 0.1) is 0 Å². The second-order valence-electron chi connectivity index (χ2n) is 4.90. The summed E-state index contributed by atoms with van der Waals surface area (Å²) in [6, 6.07) is 6.54. The summed E-state index contributed by atoms with van der Waals surface area (Å²) in [5.74, 6) is -1.31. The number of hydrogen-bond donors (Lipinski definition) is 1. The fourth-order valence-corrected chi connectivity index (χ4v) is 2.78. The van der Waals surface area contributed by atoms with Crippen LogP contribution in [0.2, 0.25) is 0 Å². The average Bonchev–Trinajstić information content (AvgIpc) is 2.82. The largest absolute Gasteiger partial charge is 0.484 e. The van der Waals surface area contributed by atoms with Gasteiger partial charge in [0.2, 0.25) is 0 Å². The summed E-state index contributed by atoms with van der Waals surface area (Å²) in [5, 5.41) is -0.522. The molecular formula is C16H16N2O6S. The third kappa shape index (κ3) is 5.08. The number of benzene rings is 1. The topological polar surface area (TPSA) is 116 Å². The zero-order valence-corrected chi connectivity index (χ0v) is 14.2. The van der Waals surface area contributed by atoms with Crippen LogP contribution in [0.1, 0.15) is 12.5 Å². The summed E-state index contributed by atoms with van der Waals surface area (Å²) in [6.07, 6.45) is 1.54. The number of primary amides is 1. The summed E-state index contributed by atoms with van der Waals surface area (Å²) in [6.45, 7) is 1.18. The number of nitrogens with two attached hydrogens (primary N) is 1. The molecule has 1 fully saturated rings. The highest BCUT2D eigenvalue weighted by Gasteiger charge is 2.36. The van der Waals surface area contributed by atoms with Gasteiger partial charge in [0, 0.05) is 0 Å². The van der Waals surface area contributed by atoms with Gasteiger partial charge < -0.3 is 15.2 Å². The Kier molecular flexibility index (Phi) is 6.18. The average molecular weight is 364 g/mol. The first-order valence-corrected chi connectivity index (χ1v) is 8.14. The smallest absolute Gasteiger partial charge is 0.326 e. The predicted octanol–water partition coefficient (Wildman–Crippen LogP) is 1.15. The van der Waals surface area contributed by atoms with E-state index in [1.165, 1.54) is 6.08 Å². The van der Waals surface area contributed by atoms with Crippen molar-refractivity contribution in [1.29, 1.82) is 0 Å². The molecule has 3 amide bonds. The van der Waals surface area contributed by atoms with Crippen molar-refractivity contribution < 1.29 is 28.7 Å². The number of thioether (sulfide) groups is 1. The van der Waals surface area contributed by atoms with Crippen molar-refractivity contribution in [2.75, 3.05) is 19.8 Å². The van der Waals surface area contributed by atoms with Gasteiger partial charge in [-0.2, -0.15) is 0 Å². The highest BCUT2D eigenvalue weighted by molar-refractivity contribution is 8.18. The van der Waals surface area contributed by atoms with Crippen LogP contribution in [0.15, 0.2) is 29.2 Å². The maximum Gasteiger partial charge on any atom is 0.326 e. The lowest BCUT2D eigenvalue weighted by Crippen LogP contribution is -2.34. The lowest BCUT2D eigenvalue weighted by atomic mass is 10.2. The van der Waals surface area contributed by atoms with Gasteiger partial charge in [-0.1, -0.05) is 12.1 Å². The molecule has 1 saturated heterocycles. The molecule has 0 aromatic heterocycles. The standard InChI is InChI=1S/C16H16N2O6S/c1-2-23-14(20)8-18-15(21)12(25-16(18)22)7-10-3-5-11(6-4-10)24-9-13(17)19/h3-7H,2,8-9H2,1H3,(H2,17,19)/b12-7+. The van der Waals surface area contributed by atoms with Crippen LogP contribution in [0.5, 0.6) is 5.75 Å². The number of rotatable bonds is 7. The van der Waals surface area contributed by atoms with Crippen LogP contribution in [-0.4, -0.2) is 47.7 Å². The van der Waals surface area contributed by atoms with Gasteiger partial charge in [0.1, 0.15) is 12.3 Å². The molecule has 0 saturated carbocycles. The summed E-state index contributed by atoms with van der Waals surface area (Å²) in [4.78, 5) is 47.3. The van der Waals surface area contributed by atoms with E-state index in [-0.39, 0.29) is 18.1 Å². The van der Waals surface area contributed by atoms with E-state index in [1.807, 2.05) is 0 Å². The van der Waals surface area contributed by atoms with Crippen molar-refractivity contribution in [2.24, 2.45) is 5.73 Å². The molecule has 1 aliphatic heterocycles. The van der Waals surface area contributed by atoms with E-state index < -0.39 is 29.6 Å². The van der Waals surface area contributed by atoms with Crippen LogP contribution in [-0.2, 0) is 19.1 Å². The molecule has 0 spiro atoms. The molecule has 9 heteroatoms. The van der Waals surface area contributed by atoms with Crippen molar-refractivity contribution >= 4 is 40.9 Å². The van der Waals surface area contributed by atoms with Crippen molar-refractivity contribution in [3.8, 4) is 5.75 Å². The Hall–Kier alpha value is -2.81. The molecule has 0 bridgehead atoms. The maximum absolute atomic E-state index is 12.2. The first-order valence-electron chi connectivity index (χ1n) is 7.33. The molecule has 25 heavy (non-hydrogen) atoms. The Bertz CT molecular complexity index is 729. The van der Waals surface area contributed by atoms with E-state index in [0.717, 1.165) is 16.7 Å². The number of hydrogen-bond acceptors (Lipinski definition) is 7. The van der Waals surface area contributed by atoms with Crippen LogP contribution in [0.3, 0.4) is 0 Å². The molecule has 0 aliphatic carbocycles. The molecule has 1 heterocycles. The fourth-order valence-electron chi connectivity index (χ4n) is 1.94. The van der Waals surface area contributed by atoms with Gasteiger partial charge in [0.15, 0.2) is 6.61 Å². The lowest BCUT2D eigenvalue weighted by molar-refractivity contribution is -0.146. The maximum atomic E-state index is 12.2. The van der Waals surface area contributed by atoms with E-state index in [4.69, 9.17) is 15.2 Å². The number of carbonyl (C=O) groups excluding carboxylic acids is 4. The Labute approximate surface area is 147 Å². The quantitative estimate of drug-likeness (QED) is 0.570. The van der Waals surface area contributed by atoms with Gasteiger partial charge in [-0.15, -0.1) is 0 Å². The second-order valence-corrected chi connectivity index (χ2v) is 5.89. The number of imide groups is 1. The van der Waals surface area contributed by atoms with Gasteiger partial charge in [0.25, 0.3) is 17.1 Å². The van der Waals surface area contributed by atoms with Gasteiger partial charge in [-0.3, -0.25) is 24.1 Å². The highest BCUT2D eigenvalue weighted by atomic mass is 32.2. The van der Waals surface area contributed by atoms with Crippen LogP contribution in [0.4, 0.5) is 4.79 Å². The SMILES string of the molecule is CCOC(=O)CN1C(=O)S/C(=C/c2ccc(OCC(N)=O)cc2)C1=O. The number of ether oxygens (including phenoxy) is 2. The minimum absolute atomic E-state index is 0.176. The minimum Gasteiger partial charge on any atom is -0.484 e. The van der Waals surface area contributed by atoms with E-state index in [2.05, 4.69) is 0 Å². The summed E-state index contributed by atoms with van der Waals surface area (Å²) < 4.78 is 9.88. The van der Waals surface area contributed by atoms with E-state index >= 15 is 0 Å². The number of esters is 1. The normalized spacial score (nSPS) is 15.6. The Balaban J connectivity index is 2.05. The number of amides is 3. The number of carbonyl (C=O) groups is 4. The third-order valence-electron chi connectivity index (χ3n) is 3.03. The van der Waals surface area contributed by atoms with Crippen molar-refractivity contribution in [2.45, 2.75) is 6.92 Å². The first-order chi connectivity index (χ1) is 11.9. The van der Waals surface area contributed by atoms with Gasteiger partial charge in [0.05, 0.1) is 11.5 Å². The van der Waals surface area contributed by atoms with Crippen LogP contribution >= 0.6 is 11.8 Å². The molecule has 0 radical (unpaired) electrons. The molecule has 132 valence electrons. The molecule has 0 atom stereocenters. The van der Waals surface area contributed by atoms with Crippen LogP contribution in [0.25, 0.3) is 6.08 Å². The fraction of sp³-hybridized carbons (Fsp3) is 0.250. The van der Waals surface area contributed by atoms with Crippen molar-refractivity contribution in [3.05, 3.63) is 34.7 Å². The highest BCUT2D eigenvalue weighted by Crippen LogP contribution is 2.32. The van der Waals surface area contributed by atoms with Crippen LogP contribution < -0.4 is 10.5 Å². The van der Waals surface area contributed by atoms with E-state index in [0.29, 0.717) is 11.3 Å². The predicted molar refractivity (Wildman–Crippen MR) is 90.4 cm³/mol. The summed E-state index contributed by atoms with van der Waals surface area (Å²) >= 11 is 0.753. The minimum atomic E-state index is -0.637. The van der Waals surface area contributed by atoms with E-state index in [9.17, 15) is 19.2 Å². The van der Waals surface area contributed by atoms with Gasteiger partial charge >= 0.3 is 5.97 Å².